The fraction of sp³-hybridized carbons (Fsp3) is 0.588. The molecule has 1 fully saturated rings. The number of anilines is 1. The molecule has 1 unspecified atom stereocenters. The summed E-state index contributed by atoms with van der Waals surface area (Å²) in [5.74, 6) is 0.737. The number of carbonyl (C=O) groups is 1. The van der Waals surface area contributed by atoms with Crippen molar-refractivity contribution >= 4 is 33.3 Å². The molecule has 0 bridgehead atoms. The van der Waals surface area contributed by atoms with Crippen LogP contribution in [0, 0.1) is 6.92 Å². The minimum atomic E-state index is -4.41. The van der Waals surface area contributed by atoms with Crippen LogP contribution in [0.5, 0.6) is 0 Å². The molecule has 1 atom stereocenters. The highest BCUT2D eigenvalue weighted by atomic mass is 32.1. The second kappa shape index (κ2) is 6.37. The number of nitrogens with zero attached hydrogens (tertiary/aromatic N) is 3. The third kappa shape index (κ3) is 3.13. The highest BCUT2D eigenvalue weighted by Gasteiger charge is 2.36. The first kappa shape index (κ1) is 17.5. The Kier molecular flexibility index (Phi) is 4.29. The highest BCUT2D eigenvalue weighted by Crippen LogP contribution is 2.42. The van der Waals surface area contributed by atoms with Gasteiger partial charge in [-0.1, -0.05) is 0 Å². The topological polar surface area (TPSA) is 58.1 Å². The summed E-state index contributed by atoms with van der Waals surface area (Å²) < 4.78 is 37.3. The molecule has 1 aliphatic carbocycles. The van der Waals surface area contributed by atoms with E-state index < -0.39 is 24.7 Å². The zero-order valence-corrected chi connectivity index (χ0v) is 15.1. The Labute approximate surface area is 152 Å². The van der Waals surface area contributed by atoms with Crippen LogP contribution in [0.25, 0.3) is 10.2 Å². The number of thiophene rings is 1. The molecule has 1 amide bonds. The number of rotatable bonds is 3. The van der Waals surface area contributed by atoms with Crippen molar-refractivity contribution in [3.8, 4) is 0 Å². The van der Waals surface area contributed by atoms with Gasteiger partial charge in [0.2, 0.25) is 5.91 Å². The van der Waals surface area contributed by atoms with E-state index in [1.165, 1.54) is 10.4 Å². The van der Waals surface area contributed by atoms with Crippen LogP contribution in [0.1, 0.15) is 35.5 Å². The molecule has 0 saturated carbocycles. The first-order valence-corrected chi connectivity index (χ1v) is 9.55. The maximum absolute atomic E-state index is 12.4. The summed E-state index contributed by atoms with van der Waals surface area (Å²) in [6.45, 7) is 1.12. The van der Waals surface area contributed by atoms with E-state index in [2.05, 4.69) is 9.97 Å². The smallest absolute Gasteiger partial charge is 0.345 e. The minimum Gasteiger partial charge on any atom is -0.345 e. The van der Waals surface area contributed by atoms with Crippen molar-refractivity contribution in [2.45, 2.75) is 51.2 Å². The monoisotopic (exact) mass is 384 g/mol. The van der Waals surface area contributed by atoms with Gasteiger partial charge < -0.3 is 10.2 Å². The fourth-order valence-electron chi connectivity index (χ4n) is 3.89. The molecular weight excluding hydrogens is 365 g/mol. The second-order valence-corrected chi connectivity index (χ2v) is 7.90. The summed E-state index contributed by atoms with van der Waals surface area (Å²) in [5, 5.41) is 3.02. The first-order chi connectivity index (χ1) is 12.3. The normalized spacial score (nSPS) is 20.0. The summed E-state index contributed by atoms with van der Waals surface area (Å²) in [7, 11) is 0. The first-order valence-electron chi connectivity index (χ1n) is 8.73. The van der Waals surface area contributed by atoms with E-state index in [1.54, 1.807) is 11.3 Å². The molecule has 3 heterocycles. The zero-order valence-electron chi connectivity index (χ0n) is 14.3. The number of nitrogens with one attached hydrogen (secondary N) is 1. The number of aryl methyl sites for hydroxylation is 3. The summed E-state index contributed by atoms with van der Waals surface area (Å²) in [4.78, 5) is 25.6. The molecule has 26 heavy (non-hydrogen) atoms. The second-order valence-electron chi connectivity index (χ2n) is 6.82. The van der Waals surface area contributed by atoms with E-state index in [9.17, 15) is 18.0 Å². The molecule has 1 N–H and O–H groups in total. The Morgan fingerprint density at radius 2 is 2.12 bits per heavy atom. The maximum Gasteiger partial charge on any atom is 0.405 e. The summed E-state index contributed by atoms with van der Waals surface area (Å²) >= 11 is 1.67. The average Bonchev–Trinajstić information content (AvgIpc) is 3.25. The quantitative estimate of drug-likeness (QED) is 0.883. The Balaban J connectivity index is 1.69. The van der Waals surface area contributed by atoms with Crippen molar-refractivity contribution in [3.05, 3.63) is 16.3 Å². The summed E-state index contributed by atoms with van der Waals surface area (Å²) in [5.41, 5.74) is 1.25. The predicted molar refractivity (Wildman–Crippen MR) is 93.6 cm³/mol. The van der Waals surface area contributed by atoms with Gasteiger partial charge in [-0.2, -0.15) is 13.2 Å². The van der Waals surface area contributed by atoms with Crippen LogP contribution < -0.4 is 10.2 Å². The number of carbonyl (C=O) groups excluding carboxylic acids is 1. The molecule has 1 saturated heterocycles. The molecule has 140 valence electrons. The summed E-state index contributed by atoms with van der Waals surface area (Å²) in [6.07, 6.45) is -0.0363. The van der Waals surface area contributed by atoms with Gasteiger partial charge >= 0.3 is 6.18 Å². The van der Waals surface area contributed by atoms with Gasteiger partial charge in [0, 0.05) is 11.4 Å². The highest BCUT2D eigenvalue weighted by molar-refractivity contribution is 7.19. The summed E-state index contributed by atoms with van der Waals surface area (Å²) in [6, 6.07) is -0.619. The lowest BCUT2D eigenvalue weighted by Gasteiger charge is -2.26. The van der Waals surface area contributed by atoms with Crippen LogP contribution in [-0.4, -0.2) is 41.2 Å². The lowest BCUT2D eigenvalue weighted by molar-refractivity contribution is -0.139. The SMILES string of the molecule is Cc1nc(N2CCCC2C(=O)NCC(F)(F)F)c2c3c(sc2n1)CCC3. The maximum atomic E-state index is 12.4. The van der Waals surface area contributed by atoms with Crippen molar-refractivity contribution in [3.63, 3.8) is 0 Å². The molecule has 2 aliphatic rings. The molecule has 0 radical (unpaired) electrons. The molecule has 0 spiro atoms. The Morgan fingerprint density at radius 3 is 2.88 bits per heavy atom. The van der Waals surface area contributed by atoms with E-state index >= 15 is 0 Å². The number of amides is 1. The Morgan fingerprint density at radius 1 is 1.31 bits per heavy atom. The third-order valence-electron chi connectivity index (χ3n) is 4.95. The van der Waals surface area contributed by atoms with Crippen molar-refractivity contribution in [2.24, 2.45) is 0 Å². The van der Waals surface area contributed by atoms with E-state index in [0.717, 1.165) is 35.9 Å². The van der Waals surface area contributed by atoms with Crippen molar-refractivity contribution < 1.29 is 18.0 Å². The molecule has 9 heteroatoms. The van der Waals surface area contributed by atoms with Crippen LogP contribution in [0.15, 0.2) is 0 Å². The molecule has 1 aliphatic heterocycles. The van der Waals surface area contributed by atoms with Gasteiger partial charge in [0.1, 0.15) is 29.1 Å². The third-order valence-corrected chi connectivity index (χ3v) is 6.13. The van der Waals surface area contributed by atoms with E-state index in [1.807, 2.05) is 17.1 Å². The van der Waals surface area contributed by atoms with Crippen LogP contribution in [0.2, 0.25) is 0 Å². The number of alkyl halides is 3. The number of halogens is 3. The van der Waals surface area contributed by atoms with Crippen molar-refractivity contribution in [2.75, 3.05) is 18.0 Å². The van der Waals surface area contributed by atoms with Gasteiger partial charge in [0.05, 0.1) is 5.39 Å². The van der Waals surface area contributed by atoms with Gasteiger partial charge in [-0.15, -0.1) is 11.3 Å². The number of hydrogen-bond acceptors (Lipinski definition) is 5. The lowest BCUT2D eigenvalue weighted by atomic mass is 10.1. The van der Waals surface area contributed by atoms with Crippen LogP contribution in [0.3, 0.4) is 0 Å². The van der Waals surface area contributed by atoms with Gasteiger partial charge in [-0.3, -0.25) is 4.79 Å². The predicted octanol–water partition coefficient (Wildman–Crippen LogP) is 3.14. The fourth-order valence-corrected chi connectivity index (χ4v) is 5.19. The van der Waals surface area contributed by atoms with Gasteiger partial charge in [0.25, 0.3) is 0 Å². The zero-order chi connectivity index (χ0) is 18.5. The van der Waals surface area contributed by atoms with Gasteiger partial charge in [-0.05, 0) is 44.6 Å². The minimum absolute atomic E-state index is 0.528. The Bertz CT molecular complexity index is 864. The number of fused-ring (bicyclic) bond motifs is 3. The standard InChI is InChI=1S/C17H19F3N4OS/c1-9-22-14(13-10-4-2-6-12(10)26-16(13)23-9)24-7-3-5-11(24)15(25)21-8-17(18,19)20/h11H,2-8H2,1H3,(H,21,25). The molecular formula is C17H19F3N4OS. The average molecular weight is 384 g/mol. The molecule has 2 aromatic rings. The largest absolute Gasteiger partial charge is 0.405 e. The van der Waals surface area contributed by atoms with Crippen LogP contribution in [0.4, 0.5) is 19.0 Å². The number of aromatic nitrogens is 2. The molecule has 0 aromatic carbocycles. The van der Waals surface area contributed by atoms with Crippen LogP contribution >= 0.6 is 11.3 Å². The molecule has 5 nitrogen and oxygen atoms in total. The van der Waals surface area contributed by atoms with Crippen molar-refractivity contribution in [1.82, 2.24) is 15.3 Å². The van der Waals surface area contributed by atoms with E-state index in [0.29, 0.717) is 24.6 Å². The number of hydrogen-bond donors (Lipinski definition) is 1. The van der Waals surface area contributed by atoms with Crippen LogP contribution in [-0.2, 0) is 17.6 Å². The van der Waals surface area contributed by atoms with Gasteiger partial charge in [0.15, 0.2) is 0 Å². The van der Waals surface area contributed by atoms with E-state index in [-0.39, 0.29) is 0 Å². The van der Waals surface area contributed by atoms with E-state index in [4.69, 9.17) is 0 Å². The Hall–Kier alpha value is -1.90. The van der Waals surface area contributed by atoms with Gasteiger partial charge in [-0.25, -0.2) is 9.97 Å². The lowest BCUT2D eigenvalue weighted by Crippen LogP contribution is -2.46. The molecule has 4 rings (SSSR count). The molecule has 2 aromatic heterocycles. The van der Waals surface area contributed by atoms with Crippen molar-refractivity contribution in [1.29, 1.82) is 0 Å².